The number of nitrogens with one attached hydrogen (secondary N) is 1. The molecule has 0 saturated carbocycles. The first-order chi connectivity index (χ1) is 9.69. The fraction of sp³-hybridized carbons (Fsp3) is 0.353. The average molecular weight is 289 g/mol. The lowest BCUT2D eigenvalue weighted by atomic mass is 9.99. The predicted octanol–water partition coefficient (Wildman–Crippen LogP) is 3.81. The summed E-state index contributed by atoms with van der Waals surface area (Å²) in [6, 6.07) is 10.9. The van der Waals surface area contributed by atoms with Gasteiger partial charge in [0.15, 0.2) is 0 Å². The molecule has 106 valence electrons. The molecule has 0 aliphatic heterocycles. The molecule has 1 heterocycles. The maximum absolute atomic E-state index is 6.31. The van der Waals surface area contributed by atoms with Crippen molar-refractivity contribution in [2.24, 2.45) is 0 Å². The fourth-order valence-electron chi connectivity index (χ4n) is 2.32. The summed E-state index contributed by atoms with van der Waals surface area (Å²) in [6.45, 7) is 2.06. The van der Waals surface area contributed by atoms with Crippen LogP contribution in [0.2, 0.25) is 5.02 Å². The van der Waals surface area contributed by atoms with Gasteiger partial charge in [-0.05, 0) is 68.1 Å². The summed E-state index contributed by atoms with van der Waals surface area (Å²) in [4.78, 5) is 4.05. The van der Waals surface area contributed by atoms with Crippen LogP contribution in [0.4, 0.5) is 0 Å². The van der Waals surface area contributed by atoms with Crippen molar-refractivity contribution in [1.82, 2.24) is 10.3 Å². The fourth-order valence-corrected chi connectivity index (χ4v) is 2.63. The number of likely N-dealkylation sites (N-methyl/N-ethyl adjacent to an activating group) is 1. The number of halogens is 1. The summed E-state index contributed by atoms with van der Waals surface area (Å²) >= 11 is 6.31. The van der Waals surface area contributed by atoms with Gasteiger partial charge < -0.3 is 5.32 Å². The van der Waals surface area contributed by atoms with Crippen LogP contribution in [0.15, 0.2) is 42.7 Å². The molecule has 0 fully saturated rings. The van der Waals surface area contributed by atoms with Gasteiger partial charge in [-0.2, -0.15) is 0 Å². The Kier molecular flexibility index (Phi) is 5.57. The van der Waals surface area contributed by atoms with E-state index >= 15 is 0 Å². The van der Waals surface area contributed by atoms with Gasteiger partial charge in [-0.15, -0.1) is 0 Å². The Balaban J connectivity index is 1.95. The highest BCUT2D eigenvalue weighted by molar-refractivity contribution is 6.31. The van der Waals surface area contributed by atoms with Crippen molar-refractivity contribution in [3.05, 3.63) is 64.4 Å². The van der Waals surface area contributed by atoms with E-state index in [2.05, 4.69) is 41.5 Å². The Bertz CT molecular complexity index is 540. The minimum absolute atomic E-state index is 0.434. The quantitative estimate of drug-likeness (QED) is 0.874. The SMILES string of the molecule is CNC(CCc1ccncc1)Cc1ccc(C)cc1Cl. The molecule has 0 radical (unpaired) electrons. The Morgan fingerprint density at radius 1 is 1.20 bits per heavy atom. The summed E-state index contributed by atoms with van der Waals surface area (Å²) in [5, 5.41) is 4.26. The lowest BCUT2D eigenvalue weighted by Crippen LogP contribution is -2.28. The molecule has 0 spiro atoms. The van der Waals surface area contributed by atoms with Gasteiger partial charge in [0.05, 0.1) is 0 Å². The molecule has 0 saturated heterocycles. The summed E-state index contributed by atoms with van der Waals surface area (Å²) in [5.74, 6) is 0. The Hall–Kier alpha value is -1.38. The molecule has 1 aromatic heterocycles. The Morgan fingerprint density at radius 3 is 2.60 bits per heavy atom. The van der Waals surface area contributed by atoms with Crippen LogP contribution in [-0.4, -0.2) is 18.1 Å². The highest BCUT2D eigenvalue weighted by Crippen LogP contribution is 2.20. The van der Waals surface area contributed by atoms with Gasteiger partial charge in [0.25, 0.3) is 0 Å². The molecule has 3 heteroatoms. The van der Waals surface area contributed by atoms with Crippen LogP contribution < -0.4 is 5.32 Å². The van der Waals surface area contributed by atoms with E-state index in [0.717, 1.165) is 24.3 Å². The van der Waals surface area contributed by atoms with Crippen molar-refractivity contribution < 1.29 is 0 Å². The summed E-state index contributed by atoms with van der Waals surface area (Å²) in [7, 11) is 2.01. The second kappa shape index (κ2) is 7.41. The lowest BCUT2D eigenvalue weighted by Gasteiger charge is -2.17. The van der Waals surface area contributed by atoms with Gasteiger partial charge in [0, 0.05) is 23.5 Å². The van der Waals surface area contributed by atoms with Gasteiger partial charge in [0.2, 0.25) is 0 Å². The van der Waals surface area contributed by atoms with E-state index in [-0.39, 0.29) is 0 Å². The van der Waals surface area contributed by atoms with Crippen LogP contribution in [0, 0.1) is 6.92 Å². The summed E-state index contributed by atoms with van der Waals surface area (Å²) < 4.78 is 0. The van der Waals surface area contributed by atoms with Crippen molar-refractivity contribution in [2.45, 2.75) is 32.2 Å². The molecule has 2 nitrogen and oxygen atoms in total. The molecule has 0 aliphatic rings. The van der Waals surface area contributed by atoms with Crippen molar-refractivity contribution in [3.63, 3.8) is 0 Å². The highest BCUT2D eigenvalue weighted by atomic mass is 35.5. The second-order valence-electron chi connectivity index (χ2n) is 5.18. The zero-order chi connectivity index (χ0) is 14.4. The van der Waals surface area contributed by atoms with E-state index in [1.165, 1.54) is 16.7 Å². The maximum atomic E-state index is 6.31. The van der Waals surface area contributed by atoms with E-state index in [4.69, 9.17) is 11.6 Å². The minimum atomic E-state index is 0.434. The van der Waals surface area contributed by atoms with Gasteiger partial charge in [0.1, 0.15) is 0 Å². The predicted molar refractivity (Wildman–Crippen MR) is 85.3 cm³/mol. The molecule has 0 bridgehead atoms. The molecule has 2 rings (SSSR count). The molecule has 1 aromatic carbocycles. The average Bonchev–Trinajstić information content (AvgIpc) is 2.46. The number of aromatic nitrogens is 1. The number of benzene rings is 1. The summed E-state index contributed by atoms with van der Waals surface area (Å²) in [5.41, 5.74) is 3.75. The topological polar surface area (TPSA) is 24.9 Å². The van der Waals surface area contributed by atoms with E-state index < -0.39 is 0 Å². The van der Waals surface area contributed by atoms with E-state index in [1.807, 2.05) is 25.5 Å². The zero-order valence-electron chi connectivity index (χ0n) is 12.1. The monoisotopic (exact) mass is 288 g/mol. The lowest BCUT2D eigenvalue weighted by molar-refractivity contribution is 0.520. The molecule has 1 N–H and O–H groups in total. The molecular weight excluding hydrogens is 268 g/mol. The number of pyridine rings is 1. The third kappa shape index (κ3) is 4.32. The third-order valence-corrected chi connectivity index (χ3v) is 3.97. The number of hydrogen-bond acceptors (Lipinski definition) is 2. The molecule has 2 aromatic rings. The number of nitrogens with zero attached hydrogens (tertiary/aromatic N) is 1. The molecule has 0 aliphatic carbocycles. The number of rotatable bonds is 6. The van der Waals surface area contributed by atoms with Crippen molar-refractivity contribution in [2.75, 3.05) is 7.05 Å². The van der Waals surface area contributed by atoms with E-state index in [0.29, 0.717) is 6.04 Å². The molecule has 1 atom stereocenters. The van der Waals surface area contributed by atoms with Gasteiger partial charge in [-0.25, -0.2) is 0 Å². The highest BCUT2D eigenvalue weighted by Gasteiger charge is 2.10. The van der Waals surface area contributed by atoms with Crippen LogP contribution in [-0.2, 0) is 12.8 Å². The molecule has 1 unspecified atom stereocenters. The smallest absolute Gasteiger partial charge is 0.0441 e. The summed E-state index contributed by atoms with van der Waals surface area (Å²) in [6.07, 6.45) is 6.80. The first-order valence-corrected chi connectivity index (χ1v) is 7.38. The first-order valence-electron chi connectivity index (χ1n) is 7.00. The normalized spacial score (nSPS) is 12.3. The number of hydrogen-bond donors (Lipinski definition) is 1. The molecular formula is C17H21ClN2. The van der Waals surface area contributed by atoms with Crippen molar-refractivity contribution >= 4 is 11.6 Å². The van der Waals surface area contributed by atoms with Gasteiger partial charge in [-0.1, -0.05) is 23.7 Å². The minimum Gasteiger partial charge on any atom is -0.317 e. The van der Waals surface area contributed by atoms with Gasteiger partial charge in [-0.3, -0.25) is 4.98 Å². The zero-order valence-corrected chi connectivity index (χ0v) is 12.8. The number of aryl methyl sites for hydroxylation is 2. The Labute approximate surface area is 126 Å². The standard InChI is InChI=1S/C17H21ClN2/c1-13-3-5-15(17(18)11-13)12-16(19-2)6-4-14-7-9-20-10-8-14/h3,5,7-11,16,19H,4,6,12H2,1-2H3. The van der Waals surface area contributed by atoms with Crippen LogP contribution in [0.1, 0.15) is 23.1 Å². The van der Waals surface area contributed by atoms with Crippen LogP contribution in [0.3, 0.4) is 0 Å². The second-order valence-corrected chi connectivity index (χ2v) is 5.59. The van der Waals surface area contributed by atoms with Gasteiger partial charge >= 0.3 is 0 Å². The van der Waals surface area contributed by atoms with E-state index in [1.54, 1.807) is 0 Å². The first kappa shape index (κ1) is 15.0. The van der Waals surface area contributed by atoms with Crippen molar-refractivity contribution in [3.8, 4) is 0 Å². The third-order valence-electron chi connectivity index (χ3n) is 3.61. The van der Waals surface area contributed by atoms with Crippen molar-refractivity contribution in [1.29, 1.82) is 0 Å². The Morgan fingerprint density at radius 2 is 1.95 bits per heavy atom. The van der Waals surface area contributed by atoms with Crippen LogP contribution >= 0.6 is 11.6 Å². The van der Waals surface area contributed by atoms with E-state index in [9.17, 15) is 0 Å². The maximum Gasteiger partial charge on any atom is 0.0441 e. The molecule has 0 amide bonds. The van der Waals surface area contributed by atoms with Crippen LogP contribution in [0.25, 0.3) is 0 Å². The largest absolute Gasteiger partial charge is 0.317 e. The van der Waals surface area contributed by atoms with Crippen LogP contribution in [0.5, 0.6) is 0 Å². The molecule has 20 heavy (non-hydrogen) atoms.